The molecule has 1 N–H and O–H groups in total. The van der Waals surface area contributed by atoms with Crippen LogP contribution in [0.5, 0.6) is 0 Å². The third-order valence-corrected chi connectivity index (χ3v) is 4.45. The summed E-state index contributed by atoms with van der Waals surface area (Å²) >= 11 is 0. The average Bonchev–Trinajstić information content (AvgIpc) is 2.67. The number of amides is 1. The van der Waals surface area contributed by atoms with E-state index in [-0.39, 0.29) is 5.91 Å². The molecule has 1 aliphatic rings. The van der Waals surface area contributed by atoms with Crippen molar-refractivity contribution in [3.63, 3.8) is 0 Å². The predicted octanol–water partition coefficient (Wildman–Crippen LogP) is 2.18. The van der Waals surface area contributed by atoms with Crippen molar-refractivity contribution in [3.8, 4) is 6.07 Å². The first kappa shape index (κ1) is 17.8. The van der Waals surface area contributed by atoms with Crippen molar-refractivity contribution in [1.29, 1.82) is 5.26 Å². The van der Waals surface area contributed by atoms with Crippen molar-refractivity contribution < 1.29 is 4.79 Å². The van der Waals surface area contributed by atoms with Gasteiger partial charge in [0.05, 0.1) is 11.6 Å². The predicted molar refractivity (Wildman–Crippen MR) is 99.2 cm³/mol. The second-order valence-electron chi connectivity index (χ2n) is 6.23. The lowest BCUT2D eigenvalue weighted by Gasteiger charge is -2.33. The van der Waals surface area contributed by atoms with E-state index in [0.717, 1.165) is 25.3 Å². The van der Waals surface area contributed by atoms with E-state index in [1.54, 1.807) is 25.1 Å². The van der Waals surface area contributed by atoms with Crippen molar-refractivity contribution in [2.24, 2.45) is 0 Å². The smallest absolute Gasteiger partial charge is 0.272 e. The molecule has 0 spiro atoms. The molecular weight excluding hydrogens is 328 g/mol. The number of rotatable bonds is 4. The van der Waals surface area contributed by atoms with Crippen molar-refractivity contribution >= 4 is 17.4 Å². The number of nitrogens with zero attached hydrogens (tertiary/aromatic N) is 5. The van der Waals surface area contributed by atoms with Crippen LogP contribution >= 0.6 is 0 Å². The van der Waals surface area contributed by atoms with Crippen molar-refractivity contribution in [1.82, 2.24) is 19.8 Å². The molecule has 2 heterocycles. The van der Waals surface area contributed by atoms with E-state index in [0.29, 0.717) is 36.0 Å². The summed E-state index contributed by atoms with van der Waals surface area (Å²) in [6.45, 7) is 8.13. The fourth-order valence-corrected chi connectivity index (χ4v) is 2.95. The minimum absolute atomic E-state index is 0.0610. The molecule has 1 fully saturated rings. The van der Waals surface area contributed by atoms with Crippen LogP contribution in [0, 0.1) is 18.3 Å². The summed E-state index contributed by atoms with van der Waals surface area (Å²) in [5.74, 6) is 1.05. The first-order valence-electron chi connectivity index (χ1n) is 8.73. The Labute approximate surface area is 153 Å². The molecule has 0 bridgehead atoms. The molecule has 0 atom stereocenters. The van der Waals surface area contributed by atoms with Gasteiger partial charge in [-0.1, -0.05) is 6.92 Å². The topological polar surface area (TPSA) is 85.1 Å². The Kier molecular flexibility index (Phi) is 5.44. The lowest BCUT2D eigenvalue weighted by molar-refractivity contribution is 0.0637. The maximum absolute atomic E-state index is 12.8. The van der Waals surface area contributed by atoms with Gasteiger partial charge in [-0.3, -0.25) is 4.79 Å². The number of nitriles is 1. The molecule has 0 unspecified atom stereocenters. The summed E-state index contributed by atoms with van der Waals surface area (Å²) in [5, 5.41) is 12.0. The van der Waals surface area contributed by atoms with Crippen molar-refractivity contribution in [3.05, 3.63) is 47.4 Å². The Morgan fingerprint density at radius 3 is 2.50 bits per heavy atom. The summed E-state index contributed by atoms with van der Waals surface area (Å²) in [6, 6.07) is 10.8. The van der Waals surface area contributed by atoms with Gasteiger partial charge in [-0.25, -0.2) is 9.97 Å². The second-order valence-corrected chi connectivity index (χ2v) is 6.23. The fourth-order valence-electron chi connectivity index (χ4n) is 2.95. The Morgan fingerprint density at radius 1 is 1.19 bits per heavy atom. The zero-order chi connectivity index (χ0) is 18.5. The maximum Gasteiger partial charge on any atom is 0.272 e. The molecule has 1 aliphatic heterocycles. The minimum atomic E-state index is -0.0610. The number of nitrogens with one attached hydrogen (secondary N) is 1. The Balaban J connectivity index is 1.74. The van der Waals surface area contributed by atoms with Crippen molar-refractivity contribution in [2.75, 3.05) is 38.0 Å². The lowest BCUT2D eigenvalue weighted by Crippen LogP contribution is -2.48. The number of aryl methyl sites for hydroxylation is 1. The first-order chi connectivity index (χ1) is 12.6. The highest BCUT2D eigenvalue weighted by Crippen LogP contribution is 2.17. The zero-order valence-corrected chi connectivity index (χ0v) is 15.1. The number of hydrogen-bond acceptors (Lipinski definition) is 6. The number of hydrogen-bond donors (Lipinski definition) is 1. The molecule has 2 aromatic rings. The van der Waals surface area contributed by atoms with E-state index in [2.05, 4.69) is 33.2 Å². The van der Waals surface area contributed by atoms with Gasteiger partial charge in [0.25, 0.3) is 5.91 Å². The molecule has 1 aromatic heterocycles. The van der Waals surface area contributed by atoms with Gasteiger partial charge in [0, 0.05) is 37.9 Å². The molecule has 3 rings (SSSR count). The lowest BCUT2D eigenvalue weighted by atomic mass is 10.2. The quantitative estimate of drug-likeness (QED) is 0.910. The summed E-state index contributed by atoms with van der Waals surface area (Å²) in [7, 11) is 0. The number of carbonyl (C=O) groups is 1. The highest BCUT2D eigenvalue weighted by Gasteiger charge is 2.23. The van der Waals surface area contributed by atoms with Gasteiger partial charge in [-0.2, -0.15) is 5.26 Å². The Morgan fingerprint density at radius 2 is 1.88 bits per heavy atom. The summed E-state index contributed by atoms with van der Waals surface area (Å²) in [5.41, 5.74) is 1.80. The third kappa shape index (κ3) is 4.16. The number of likely N-dealkylation sites (N-methyl/N-ethyl adjacent to an activating group) is 1. The second kappa shape index (κ2) is 7.93. The molecule has 1 aromatic carbocycles. The molecule has 7 heteroatoms. The number of aromatic nitrogens is 2. The fraction of sp³-hybridized carbons (Fsp3) is 0.368. The standard InChI is InChI=1S/C19H22N6O/c1-3-24-8-10-25(11-9-24)19(26)17-12-18(22-14(2)21-17)23-16-6-4-15(13-20)5-7-16/h4-7,12H,3,8-11H2,1-2H3,(H,21,22,23). The van der Waals surface area contributed by atoms with E-state index in [4.69, 9.17) is 5.26 Å². The monoisotopic (exact) mass is 350 g/mol. The molecular formula is C19H22N6O. The maximum atomic E-state index is 12.8. The van der Waals surface area contributed by atoms with Gasteiger partial charge in [0.15, 0.2) is 0 Å². The van der Waals surface area contributed by atoms with E-state index in [1.165, 1.54) is 0 Å². The van der Waals surface area contributed by atoms with Crippen LogP contribution in [0.3, 0.4) is 0 Å². The molecule has 0 aliphatic carbocycles. The highest BCUT2D eigenvalue weighted by molar-refractivity contribution is 5.93. The summed E-state index contributed by atoms with van der Waals surface area (Å²) in [6.07, 6.45) is 0. The van der Waals surface area contributed by atoms with Crippen LogP contribution in [0.15, 0.2) is 30.3 Å². The van der Waals surface area contributed by atoms with Crippen LogP contribution in [-0.2, 0) is 0 Å². The average molecular weight is 350 g/mol. The Bertz CT molecular complexity index is 819. The molecule has 1 saturated heterocycles. The Hall–Kier alpha value is -2.98. The summed E-state index contributed by atoms with van der Waals surface area (Å²) < 4.78 is 0. The van der Waals surface area contributed by atoms with Gasteiger partial charge < -0.3 is 15.1 Å². The van der Waals surface area contributed by atoms with Crippen LogP contribution in [0.1, 0.15) is 28.8 Å². The van der Waals surface area contributed by atoms with E-state index in [9.17, 15) is 4.79 Å². The van der Waals surface area contributed by atoms with Crippen molar-refractivity contribution in [2.45, 2.75) is 13.8 Å². The summed E-state index contributed by atoms with van der Waals surface area (Å²) in [4.78, 5) is 25.6. The first-order valence-corrected chi connectivity index (χ1v) is 8.73. The molecule has 134 valence electrons. The van der Waals surface area contributed by atoms with Gasteiger partial charge in [0.1, 0.15) is 17.3 Å². The van der Waals surface area contributed by atoms with Gasteiger partial charge in [-0.15, -0.1) is 0 Å². The van der Waals surface area contributed by atoms with E-state index < -0.39 is 0 Å². The number of anilines is 2. The molecule has 26 heavy (non-hydrogen) atoms. The molecule has 0 saturated carbocycles. The SMILES string of the molecule is CCN1CCN(C(=O)c2cc(Nc3ccc(C#N)cc3)nc(C)n2)CC1. The number of piperazine rings is 1. The zero-order valence-electron chi connectivity index (χ0n) is 15.1. The van der Waals surface area contributed by atoms with Crippen LogP contribution < -0.4 is 5.32 Å². The van der Waals surface area contributed by atoms with Crippen LogP contribution in [0.25, 0.3) is 0 Å². The minimum Gasteiger partial charge on any atom is -0.340 e. The van der Waals surface area contributed by atoms with E-state index >= 15 is 0 Å². The molecule has 1 amide bonds. The van der Waals surface area contributed by atoms with Crippen LogP contribution in [0.4, 0.5) is 11.5 Å². The third-order valence-electron chi connectivity index (χ3n) is 4.45. The van der Waals surface area contributed by atoms with Gasteiger partial charge in [-0.05, 0) is 37.7 Å². The number of benzene rings is 1. The van der Waals surface area contributed by atoms with Crippen LogP contribution in [0.2, 0.25) is 0 Å². The largest absolute Gasteiger partial charge is 0.340 e. The molecule has 7 nitrogen and oxygen atoms in total. The van der Waals surface area contributed by atoms with Gasteiger partial charge >= 0.3 is 0 Å². The van der Waals surface area contributed by atoms with Gasteiger partial charge in [0.2, 0.25) is 0 Å². The van der Waals surface area contributed by atoms with Crippen LogP contribution in [-0.4, -0.2) is 58.4 Å². The molecule has 0 radical (unpaired) electrons. The number of carbonyl (C=O) groups excluding carboxylic acids is 1. The highest BCUT2D eigenvalue weighted by atomic mass is 16.2. The normalized spacial score (nSPS) is 14.7. The van der Waals surface area contributed by atoms with E-state index in [1.807, 2.05) is 17.0 Å².